The number of nitro groups is 1. The van der Waals surface area contributed by atoms with Crippen molar-refractivity contribution in [2.24, 2.45) is 5.10 Å². The van der Waals surface area contributed by atoms with Crippen molar-refractivity contribution in [3.63, 3.8) is 0 Å². The summed E-state index contributed by atoms with van der Waals surface area (Å²) in [6, 6.07) is 6.31. The number of nitrogens with zero attached hydrogens (tertiary/aromatic N) is 4. The van der Waals surface area contributed by atoms with Crippen LogP contribution in [0.15, 0.2) is 35.7 Å². The number of rotatable bonds is 3. The average molecular weight is 249 g/mol. The highest BCUT2D eigenvalue weighted by molar-refractivity contribution is 7.71. The van der Waals surface area contributed by atoms with E-state index in [1.165, 1.54) is 23.3 Å². The van der Waals surface area contributed by atoms with E-state index in [-0.39, 0.29) is 5.69 Å². The Bertz CT molecular complexity index is 630. The molecule has 0 spiro atoms. The first-order valence-corrected chi connectivity index (χ1v) is 4.99. The summed E-state index contributed by atoms with van der Waals surface area (Å²) in [5.74, 6) is 0. The van der Waals surface area contributed by atoms with Crippen molar-refractivity contribution in [3.8, 4) is 0 Å². The zero-order valence-corrected chi connectivity index (χ0v) is 9.29. The monoisotopic (exact) mass is 249 g/mol. The van der Waals surface area contributed by atoms with Gasteiger partial charge in [-0.3, -0.25) is 15.2 Å². The normalized spacial score (nSPS) is 10.8. The first-order chi connectivity index (χ1) is 8.18. The summed E-state index contributed by atoms with van der Waals surface area (Å²) in [7, 11) is 0. The highest BCUT2D eigenvalue weighted by Crippen LogP contribution is 2.15. The van der Waals surface area contributed by atoms with Crippen LogP contribution in [0, 0.1) is 14.9 Å². The first-order valence-electron chi connectivity index (χ1n) is 4.58. The molecule has 2 rings (SSSR count). The maximum Gasteiger partial charge on any atom is 0.278 e. The van der Waals surface area contributed by atoms with Crippen LogP contribution in [-0.2, 0) is 0 Å². The van der Waals surface area contributed by atoms with E-state index in [9.17, 15) is 10.1 Å². The van der Waals surface area contributed by atoms with Crippen LogP contribution in [0.2, 0.25) is 0 Å². The van der Waals surface area contributed by atoms with Crippen molar-refractivity contribution in [2.75, 3.05) is 0 Å². The zero-order chi connectivity index (χ0) is 12.3. The van der Waals surface area contributed by atoms with Crippen molar-refractivity contribution in [1.82, 2.24) is 14.9 Å². The van der Waals surface area contributed by atoms with Gasteiger partial charge in [0.05, 0.1) is 16.7 Å². The van der Waals surface area contributed by atoms with Gasteiger partial charge in [-0.15, -0.1) is 0 Å². The van der Waals surface area contributed by atoms with Crippen molar-refractivity contribution >= 4 is 24.1 Å². The van der Waals surface area contributed by atoms with Gasteiger partial charge in [-0.25, -0.2) is 0 Å². The lowest BCUT2D eigenvalue weighted by Crippen LogP contribution is -1.95. The number of aromatic amines is 1. The molecule has 7 nitrogen and oxygen atoms in total. The number of benzene rings is 1. The second kappa shape index (κ2) is 4.66. The molecule has 0 radical (unpaired) electrons. The van der Waals surface area contributed by atoms with Gasteiger partial charge in [0, 0.05) is 6.07 Å². The van der Waals surface area contributed by atoms with Gasteiger partial charge in [-0.2, -0.15) is 14.9 Å². The van der Waals surface area contributed by atoms with E-state index < -0.39 is 4.92 Å². The maximum atomic E-state index is 10.7. The van der Waals surface area contributed by atoms with E-state index in [1.807, 2.05) is 0 Å². The number of aromatic nitrogens is 3. The van der Waals surface area contributed by atoms with E-state index in [4.69, 9.17) is 12.2 Å². The Morgan fingerprint density at radius 2 is 2.29 bits per heavy atom. The van der Waals surface area contributed by atoms with Crippen LogP contribution in [0.4, 0.5) is 5.69 Å². The highest BCUT2D eigenvalue weighted by Gasteiger charge is 2.09. The standard InChI is InChI=1S/C9H7N5O2S/c15-14(16)8-4-2-1-3-7(8)5-11-13-6-10-12-9(13)17/h1-6H,(H,12,17)/b11-5+. The quantitative estimate of drug-likeness (QED) is 0.388. The number of nitro benzene ring substituents is 1. The average Bonchev–Trinajstić information content (AvgIpc) is 2.72. The Morgan fingerprint density at radius 3 is 2.94 bits per heavy atom. The second-order valence-corrected chi connectivity index (χ2v) is 3.45. The molecule has 0 aliphatic rings. The molecule has 0 aliphatic carbocycles. The molecule has 1 aromatic heterocycles. The van der Waals surface area contributed by atoms with Gasteiger partial charge in [0.1, 0.15) is 6.33 Å². The third-order valence-electron chi connectivity index (χ3n) is 1.99. The molecule has 17 heavy (non-hydrogen) atoms. The van der Waals surface area contributed by atoms with Crippen molar-refractivity contribution < 1.29 is 4.92 Å². The molecule has 0 saturated carbocycles. The number of hydrogen-bond acceptors (Lipinski definition) is 5. The molecule has 0 atom stereocenters. The number of nitrogens with one attached hydrogen (secondary N) is 1. The van der Waals surface area contributed by atoms with Crippen LogP contribution >= 0.6 is 12.2 Å². The fourth-order valence-corrected chi connectivity index (χ4v) is 1.36. The smallest absolute Gasteiger partial charge is 0.258 e. The second-order valence-electron chi connectivity index (χ2n) is 3.07. The predicted octanol–water partition coefficient (Wildman–Crippen LogP) is 1.73. The van der Waals surface area contributed by atoms with Crippen LogP contribution in [-0.4, -0.2) is 26.0 Å². The molecule has 86 valence electrons. The van der Waals surface area contributed by atoms with E-state index in [0.29, 0.717) is 10.3 Å². The molecule has 0 saturated heterocycles. The summed E-state index contributed by atoms with van der Waals surface area (Å²) in [5.41, 5.74) is 0.395. The van der Waals surface area contributed by atoms with Crippen molar-refractivity contribution in [3.05, 3.63) is 51.0 Å². The molecule has 0 aliphatic heterocycles. The van der Waals surface area contributed by atoms with Crippen LogP contribution in [0.5, 0.6) is 0 Å². The summed E-state index contributed by atoms with van der Waals surface area (Å²) >= 11 is 4.88. The van der Waals surface area contributed by atoms with Crippen molar-refractivity contribution in [2.45, 2.75) is 0 Å². The molecule has 1 N–H and O–H groups in total. The van der Waals surface area contributed by atoms with Gasteiger partial charge < -0.3 is 0 Å². The summed E-state index contributed by atoms with van der Waals surface area (Å²) < 4.78 is 1.63. The topological polar surface area (TPSA) is 89.1 Å². The van der Waals surface area contributed by atoms with Gasteiger partial charge in [-0.1, -0.05) is 12.1 Å². The summed E-state index contributed by atoms with van der Waals surface area (Å²) in [6.07, 6.45) is 2.75. The largest absolute Gasteiger partial charge is 0.278 e. The lowest BCUT2D eigenvalue weighted by Gasteiger charge is -1.95. The van der Waals surface area contributed by atoms with Gasteiger partial charge in [-0.05, 0) is 18.3 Å². The molecule has 0 bridgehead atoms. The number of H-pyrrole nitrogens is 1. The summed E-state index contributed by atoms with van der Waals surface area (Å²) in [5, 5.41) is 20.9. The molecule has 1 aromatic carbocycles. The molecule has 0 fully saturated rings. The van der Waals surface area contributed by atoms with Gasteiger partial charge in [0.25, 0.3) is 5.69 Å². The third kappa shape index (κ3) is 2.42. The number of para-hydroxylation sites is 1. The zero-order valence-electron chi connectivity index (χ0n) is 8.48. The Morgan fingerprint density at radius 1 is 1.53 bits per heavy atom. The molecular formula is C9H7N5O2S. The van der Waals surface area contributed by atoms with Crippen LogP contribution in [0.3, 0.4) is 0 Å². The first kappa shape index (κ1) is 11.1. The Kier molecular flexibility index (Phi) is 3.06. The molecule has 0 unspecified atom stereocenters. The SMILES string of the molecule is O=[N+]([O-])c1ccccc1/C=N/n1cn[nH]c1=S. The fraction of sp³-hybridized carbons (Fsp3) is 0. The van der Waals surface area contributed by atoms with E-state index in [2.05, 4.69) is 15.3 Å². The lowest BCUT2D eigenvalue weighted by atomic mass is 10.2. The number of hydrogen-bond donors (Lipinski definition) is 1. The Labute approximate surface area is 101 Å². The van der Waals surface area contributed by atoms with E-state index in [0.717, 1.165) is 0 Å². The van der Waals surface area contributed by atoms with Crippen molar-refractivity contribution in [1.29, 1.82) is 0 Å². The van der Waals surface area contributed by atoms with Gasteiger partial charge in [0.2, 0.25) is 4.77 Å². The summed E-state index contributed by atoms with van der Waals surface area (Å²) in [6.45, 7) is 0. The minimum atomic E-state index is -0.462. The van der Waals surface area contributed by atoms with E-state index in [1.54, 1.807) is 18.2 Å². The van der Waals surface area contributed by atoms with Gasteiger partial charge >= 0.3 is 0 Å². The molecular weight excluding hydrogens is 242 g/mol. The summed E-state index contributed by atoms with van der Waals surface area (Å²) in [4.78, 5) is 10.3. The van der Waals surface area contributed by atoms with Gasteiger partial charge in [0.15, 0.2) is 0 Å². The molecule has 1 heterocycles. The van der Waals surface area contributed by atoms with E-state index >= 15 is 0 Å². The fourth-order valence-electron chi connectivity index (χ4n) is 1.21. The Balaban J connectivity index is 2.37. The molecule has 8 heteroatoms. The third-order valence-corrected chi connectivity index (χ3v) is 2.27. The predicted molar refractivity (Wildman–Crippen MR) is 63.5 cm³/mol. The minimum absolute atomic E-state index is 0.00809. The van der Waals surface area contributed by atoms with Crippen LogP contribution in [0.25, 0.3) is 0 Å². The van der Waals surface area contributed by atoms with Crippen LogP contribution in [0.1, 0.15) is 5.56 Å². The minimum Gasteiger partial charge on any atom is -0.258 e. The molecule has 0 amide bonds. The maximum absolute atomic E-state index is 10.7. The lowest BCUT2D eigenvalue weighted by molar-refractivity contribution is -0.385. The molecule has 2 aromatic rings. The highest BCUT2D eigenvalue weighted by atomic mass is 32.1. The van der Waals surface area contributed by atoms with Crippen LogP contribution < -0.4 is 0 Å². The Hall–Kier alpha value is -2.35.